The fourth-order valence-electron chi connectivity index (χ4n) is 2.18. The van der Waals surface area contributed by atoms with Gasteiger partial charge in [-0.15, -0.1) is 0 Å². The standard InChI is InChI=1S/C18H27NO4/c1-14(2)23-12-6-10-19(11-9-17(20)22-4)18(21)16-8-5-7-15(3)13-16/h5,7-8,13-14H,6,9-12H2,1-4H3. The molecule has 1 aromatic carbocycles. The molecule has 0 bridgehead atoms. The molecule has 0 radical (unpaired) electrons. The zero-order valence-electron chi connectivity index (χ0n) is 14.5. The van der Waals surface area contributed by atoms with Gasteiger partial charge < -0.3 is 14.4 Å². The fourth-order valence-corrected chi connectivity index (χ4v) is 2.18. The monoisotopic (exact) mass is 321 g/mol. The molecule has 1 rings (SSSR count). The Morgan fingerprint density at radius 3 is 2.57 bits per heavy atom. The van der Waals surface area contributed by atoms with E-state index in [1.807, 2.05) is 39.0 Å². The van der Waals surface area contributed by atoms with Crippen molar-refractivity contribution in [2.75, 3.05) is 26.8 Å². The van der Waals surface area contributed by atoms with Gasteiger partial charge in [0.1, 0.15) is 0 Å². The molecular weight excluding hydrogens is 294 g/mol. The minimum atomic E-state index is -0.314. The Labute approximate surface area is 138 Å². The largest absolute Gasteiger partial charge is 0.469 e. The third-order valence-electron chi connectivity index (χ3n) is 3.39. The van der Waals surface area contributed by atoms with Crippen LogP contribution in [0.25, 0.3) is 0 Å². The highest BCUT2D eigenvalue weighted by Crippen LogP contribution is 2.09. The van der Waals surface area contributed by atoms with E-state index >= 15 is 0 Å². The maximum Gasteiger partial charge on any atom is 0.307 e. The van der Waals surface area contributed by atoms with E-state index in [9.17, 15) is 9.59 Å². The lowest BCUT2D eigenvalue weighted by Gasteiger charge is -2.23. The van der Waals surface area contributed by atoms with Crippen LogP contribution in [0.5, 0.6) is 0 Å². The van der Waals surface area contributed by atoms with Crippen molar-refractivity contribution in [3.05, 3.63) is 35.4 Å². The average molecular weight is 321 g/mol. The molecule has 5 heteroatoms. The number of benzene rings is 1. The number of amides is 1. The SMILES string of the molecule is COC(=O)CCN(CCCOC(C)C)C(=O)c1cccc(C)c1. The molecule has 0 aliphatic rings. The summed E-state index contributed by atoms with van der Waals surface area (Å²) in [7, 11) is 1.35. The highest BCUT2D eigenvalue weighted by Gasteiger charge is 2.17. The van der Waals surface area contributed by atoms with Crippen molar-refractivity contribution in [3.8, 4) is 0 Å². The van der Waals surface area contributed by atoms with Crippen LogP contribution in [0.3, 0.4) is 0 Å². The first-order chi connectivity index (χ1) is 10.9. The van der Waals surface area contributed by atoms with Gasteiger partial charge in [0.25, 0.3) is 5.91 Å². The van der Waals surface area contributed by atoms with E-state index in [1.54, 1.807) is 11.0 Å². The zero-order chi connectivity index (χ0) is 17.2. The lowest BCUT2D eigenvalue weighted by molar-refractivity contribution is -0.140. The van der Waals surface area contributed by atoms with Gasteiger partial charge in [-0.3, -0.25) is 9.59 Å². The molecule has 0 N–H and O–H groups in total. The summed E-state index contributed by atoms with van der Waals surface area (Å²) in [5.74, 6) is -0.382. The molecule has 128 valence electrons. The number of ether oxygens (including phenoxy) is 2. The lowest BCUT2D eigenvalue weighted by Crippen LogP contribution is -2.34. The Balaban J connectivity index is 2.68. The lowest BCUT2D eigenvalue weighted by atomic mass is 10.1. The second-order valence-corrected chi connectivity index (χ2v) is 5.76. The third-order valence-corrected chi connectivity index (χ3v) is 3.39. The number of aryl methyl sites for hydroxylation is 1. The quantitative estimate of drug-likeness (QED) is 0.518. The topological polar surface area (TPSA) is 55.8 Å². The van der Waals surface area contributed by atoms with E-state index in [4.69, 9.17) is 4.74 Å². The van der Waals surface area contributed by atoms with E-state index < -0.39 is 0 Å². The summed E-state index contributed by atoms with van der Waals surface area (Å²) in [4.78, 5) is 25.7. The van der Waals surface area contributed by atoms with E-state index in [-0.39, 0.29) is 24.4 Å². The number of hydrogen-bond acceptors (Lipinski definition) is 4. The summed E-state index contributed by atoms with van der Waals surface area (Å²) in [6, 6.07) is 7.47. The minimum Gasteiger partial charge on any atom is -0.469 e. The molecule has 0 atom stereocenters. The number of methoxy groups -OCH3 is 1. The molecular formula is C18H27NO4. The fraction of sp³-hybridized carbons (Fsp3) is 0.556. The van der Waals surface area contributed by atoms with Crippen LogP contribution in [0, 0.1) is 6.92 Å². The first-order valence-electron chi connectivity index (χ1n) is 7.98. The van der Waals surface area contributed by atoms with Gasteiger partial charge in [0.05, 0.1) is 19.6 Å². The predicted molar refractivity (Wildman–Crippen MR) is 89.4 cm³/mol. The summed E-state index contributed by atoms with van der Waals surface area (Å²) in [6.07, 6.45) is 1.10. The second kappa shape index (κ2) is 10.0. The maximum atomic E-state index is 12.7. The number of nitrogens with zero attached hydrogens (tertiary/aromatic N) is 1. The summed E-state index contributed by atoms with van der Waals surface area (Å²) in [5, 5.41) is 0. The Kier molecular flexibility index (Phi) is 8.33. The normalized spacial score (nSPS) is 10.7. The van der Waals surface area contributed by atoms with Crippen molar-refractivity contribution in [2.24, 2.45) is 0 Å². The van der Waals surface area contributed by atoms with Crippen LogP contribution >= 0.6 is 0 Å². The summed E-state index contributed by atoms with van der Waals surface area (Å²) in [6.45, 7) is 7.40. The molecule has 0 heterocycles. The van der Waals surface area contributed by atoms with E-state index in [0.29, 0.717) is 25.3 Å². The number of carbonyl (C=O) groups excluding carboxylic acids is 2. The molecule has 0 spiro atoms. The van der Waals surface area contributed by atoms with Crippen molar-refractivity contribution in [3.63, 3.8) is 0 Å². The first-order valence-corrected chi connectivity index (χ1v) is 7.98. The Hall–Kier alpha value is -1.88. The molecule has 1 aromatic rings. The number of hydrogen-bond donors (Lipinski definition) is 0. The van der Waals surface area contributed by atoms with E-state index in [1.165, 1.54) is 7.11 Å². The molecule has 0 saturated carbocycles. The van der Waals surface area contributed by atoms with Crippen molar-refractivity contribution in [1.82, 2.24) is 4.90 Å². The van der Waals surface area contributed by atoms with Crippen LogP contribution in [-0.4, -0.2) is 49.7 Å². The van der Waals surface area contributed by atoms with Gasteiger partial charge in [-0.25, -0.2) is 0 Å². The average Bonchev–Trinajstić information content (AvgIpc) is 2.52. The van der Waals surface area contributed by atoms with Crippen molar-refractivity contribution in [1.29, 1.82) is 0 Å². The Bertz CT molecular complexity index is 513. The molecule has 0 unspecified atom stereocenters. The highest BCUT2D eigenvalue weighted by molar-refractivity contribution is 5.94. The predicted octanol–water partition coefficient (Wildman–Crippen LogP) is 2.82. The smallest absolute Gasteiger partial charge is 0.307 e. The van der Waals surface area contributed by atoms with Gasteiger partial charge in [0.15, 0.2) is 0 Å². The molecule has 1 amide bonds. The third kappa shape index (κ3) is 7.28. The number of carbonyl (C=O) groups is 2. The zero-order valence-corrected chi connectivity index (χ0v) is 14.5. The van der Waals surface area contributed by atoms with Crippen LogP contribution in [-0.2, 0) is 14.3 Å². The highest BCUT2D eigenvalue weighted by atomic mass is 16.5. The Morgan fingerprint density at radius 2 is 1.96 bits per heavy atom. The van der Waals surface area contributed by atoms with Crippen molar-refractivity contribution in [2.45, 2.75) is 39.7 Å². The Morgan fingerprint density at radius 1 is 1.22 bits per heavy atom. The summed E-state index contributed by atoms with van der Waals surface area (Å²) in [5.41, 5.74) is 1.67. The van der Waals surface area contributed by atoms with Gasteiger partial charge in [0.2, 0.25) is 0 Å². The minimum absolute atomic E-state index is 0.0675. The maximum absolute atomic E-state index is 12.7. The van der Waals surface area contributed by atoms with Gasteiger partial charge in [-0.2, -0.15) is 0 Å². The number of esters is 1. The van der Waals surface area contributed by atoms with Crippen molar-refractivity contribution < 1.29 is 19.1 Å². The number of rotatable bonds is 9. The van der Waals surface area contributed by atoms with Gasteiger partial charge in [0, 0.05) is 25.3 Å². The molecule has 0 aliphatic heterocycles. The van der Waals surface area contributed by atoms with Crippen LogP contribution in [0.4, 0.5) is 0 Å². The molecule has 0 aliphatic carbocycles. The summed E-state index contributed by atoms with van der Waals surface area (Å²) >= 11 is 0. The van der Waals surface area contributed by atoms with Crippen LogP contribution < -0.4 is 0 Å². The van der Waals surface area contributed by atoms with E-state index in [0.717, 1.165) is 12.0 Å². The van der Waals surface area contributed by atoms with Gasteiger partial charge in [-0.1, -0.05) is 17.7 Å². The molecule has 5 nitrogen and oxygen atoms in total. The van der Waals surface area contributed by atoms with Crippen LogP contribution in [0.2, 0.25) is 0 Å². The van der Waals surface area contributed by atoms with Crippen molar-refractivity contribution >= 4 is 11.9 Å². The first kappa shape index (κ1) is 19.2. The van der Waals surface area contributed by atoms with Crippen LogP contribution in [0.1, 0.15) is 42.6 Å². The van der Waals surface area contributed by atoms with Gasteiger partial charge >= 0.3 is 5.97 Å². The van der Waals surface area contributed by atoms with Crippen LogP contribution in [0.15, 0.2) is 24.3 Å². The molecule has 0 aromatic heterocycles. The second-order valence-electron chi connectivity index (χ2n) is 5.76. The summed E-state index contributed by atoms with van der Waals surface area (Å²) < 4.78 is 10.2. The molecule has 0 fully saturated rings. The van der Waals surface area contributed by atoms with Gasteiger partial charge in [-0.05, 0) is 39.3 Å². The molecule has 23 heavy (non-hydrogen) atoms. The molecule has 0 saturated heterocycles. The van der Waals surface area contributed by atoms with E-state index in [2.05, 4.69) is 4.74 Å².